The third-order valence-corrected chi connectivity index (χ3v) is 9.49. The van der Waals surface area contributed by atoms with Crippen molar-refractivity contribution in [3.8, 4) is 0 Å². The Hall–Kier alpha value is -4.43. The van der Waals surface area contributed by atoms with Crippen LogP contribution in [0.1, 0.15) is 43.9 Å². The van der Waals surface area contributed by atoms with Gasteiger partial charge in [-0.05, 0) is 54.7 Å². The summed E-state index contributed by atoms with van der Waals surface area (Å²) in [7, 11) is -4.13. The van der Waals surface area contributed by atoms with Crippen LogP contribution in [-0.2, 0) is 39.0 Å². The lowest BCUT2D eigenvalue weighted by Crippen LogP contribution is -2.54. The van der Waals surface area contributed by atoms with Crippen LogP contribution in [0.5, 0.6) is 0 Å². The van der Waals surface area contributed by atoms with Crippen LogP contribution in [0.15, 0.2) is 120 Å². The lowest BCUT2D eigenvalue weighted by molar-refractivity contribution is -0.140. The highest BCUT2D eigenvalue weighted by Crippen LogP contribution is 2.28. The summed E-state index contributed by atoms with van der Waals surface area (Å²) in [6.07, 6.45) is 1.58. The van der Waals surface area contributed by atoms with Crippen LogP contribution in [0.2, 0.25) is 0 Å². The molecule has 0 saturated carbocycles. The molecule has 1 N–H and O–H groups in total. The molecule has 2 amide bonds. The number of carbonyl (C=O) groups excluding carboxylic acids is 2. The van der Waals surface area contributed by atoms with Crippen molar-refractivity contribution >= 4 is 27.5 Å². The summed E-state index contributed by atoms with van der Waals surface area (Å²) in [6, 6.07) is 33.4. The molecule has 2 atom stereocenters. The van der Waals surface area contributed by atoms with Crippen molar-refractivity contribution < 1.29 is 18.0 Å². The number of para-hydroxylation sites is 1. The molecular formula is C36H41N3O4S. The molecule has 0 heterocycles. The van der Waals surface area contributed by atoms with Crippen LogP contribution in [0, 0.1) is 0 Å². The molecule has 4 rings (SSSR count). The zero-order chi connectivity index (χ0) is 31.5. The van der Waals surface area contributed by atoms with E-state index in [2.05, 4.69) is 5.32 Å². The zero-order valence-corrected chi connectivity index (χ0v) is 26.4. The van der Waals surface area contributed by atoms with Gasteiger partial charge in [0, 0.05) is 19.0 Å². The Morgan fingerprint density at radius 2 is 1.30 bits per heavy atom. The number of aryl methyl sites for hydroxylation is 1. The van der Waals surface area contributed by atoms with Gasteiger partial charge in [-0.25, -0.2) is 8.42 Å². The average Bonchev–Trinajstić information content (AvgIpc) is 3.06. The van der Waals surface area contributed by atoms with E-state index in [4.69, 9.17) is 0 Å². The maximum atomic E-state index is 14.5. The topological polar surface area (TPSA) is 86.8 Å². The minimum atomic E-state index is -4.13. The zero-order valence-electron chi connectivity index (χ0n) is 25.6. The van der Waals surface area contributed by atoms with Crippen LogP contribution in [-0.4, -0.2) is 43.8 Å². The smallest absolute Gasteiger partial charge is 0.264 e. The molecule has 0 aromatic heterocycles. The molecule has 7 nitrogen and oxygen atoms in total. The fraction of sp³-hybridized carbons (Fsp3) is 0.278. The van der Waals surface area contributed by atoms with Gasteiger partial charge in [0.1, 0.15) is 12.6 Å². The number of anilines is 1. The highest BCUT2D eigenvalue weighted by molar-refractivity contribution is 7.92. The van der Waals surface area contributed by atoms with Crippen molar-refractivity contribution in [2.45, 2.75) is 63.6 Å². The van der Waals surface area contributed by atoms with Gasteiger partial charge in [-0.1, -0.05) is 111 Å². The molecule has 2 unspecified atom stereocenters. The van der Waals surface area contributed by atoms with Crippen molar-refractivity contribution in [2.24, 2.45) is 0 Å². The lowest BCUT2D eigenvalue weighted by atomic mass is 10.0. The summed E-state index contributed by atoms with van der Waals surface area (Å²) in [5, 5.41) is 3.07. The van der Waals surface area contributed by atoms with Crippen molar-refractivity contribution in [3.63, 3.8) is 0 Å². The van der Waals surface area contributed by atoms with Gasteiger partial charge in [0.05, 0.1) is 10.6 Å². The second-order valence-corrected chi connectivity index (χ2v) is 12.7. The number of benzene rings is 4. The molecule has 230 valence electrons. The summed E-state index contributed by atoms with van der Waals surface area (Å²) in [5.41, 5.74) is 2.97. The minimum Gasteiger partial charge on any atom is -0.352 e. The SMILES string of the molecule is CCc1ccccc1N(CC(=O)N(Cc1ccccc1)C(Cc1ccccc1)C(=O)NC(C)CC)S(=O)(=O)c1ccccc1. The Morgan fingerprint density at radius 3 is 1.89 bits per heavy atom. The number of amides is 2. The Morgan fingerprint density at radius 1 is 0.750 bits per heavy atom. The van der Waals surface area contributed by atoms with Gasteiger partial charge in [0.25, 0.3) is 10.0 Å². The first-order chi connectivity index (χ1) is 21.2. The molecule has 0 spiro atoms. The van der Waals surface area contributed by atoms with E-state index >= 15 is 0 Å². The van der Waals surface area contributed by atoms with E-state index in [0.717, 1.165) is 23.1 Å². The number of nitrogens with zero attached hydrogens (tertiary/aromatic N) is 2. The summed E-state index contributed by atoms with van der Waals surface area (Å²) in [6.45, 7) is 5.53. The van der Waals surface area contributed by atoms with Crippen molar-refractivity contribution in [2.75, 3.05) is 10.8 Å². The molecule has 0 aliphatic rings. The van der Waals surface area contributed by atoms with Crippen LogP contribution in [0.3, 0.4) is 0 Å². The number of hydrogen-bond acceptors (Lipinski definition) is 4. The Bertz CT molecular complexity index is 1610. The van der Waals surface area contributed by atoms with Crippen LogP contribution in [0.25, 0.3) is 0 Å². The fourth-order valence-corrected chi connectivity index (χ4v) is 6.53. The van der Waals surface area contributed by atoms with Crippen LogP contribution >= 0.6 is 0 Å². The Labute approximate surface area is 261 Å². The maximum Gasteiger partial charge on any atom is 0.264 e. The maximum absolute atomic E-state index is 14.5. The lowest BCUT2D eigenvalue weighted by Gasteiger charge is -2.34. The van der Waals surface area contributed by atoms with E-state index < -0.39 is 28.5 Å². The van der Waals surface area contributed by atoms with Gasteiger partial charge in [0.15, 0.2) is 0 Å². The van der Waals surface area contributed by atoms with E-state index in [9.17, 15) is 18.0 Å². The number of nitrogens with one attached hydrogen (secondary N) is 1. The van der Waals surface area contributed by atoms with Gasteiger partial charge in [-0.15, -0.1) is 0 Å². The van der Waals surface area contributed by atoms with E-state index in [1.54, 1.807) is 30.3 Å². The predicted octanol–water partition coefficient (Wildman–Crippen LogP) is 6.00. The molecule has 0 aliphatic carbocycles. The highest BCUT2D eigenvalue weighted by atomic mass is 32.2. The molecule has 4 aromatic carbocycles. The molecule has 44 heavy (non-hydrogen) atoms. The summed E-state index contributed by atoms with van der Waals surface area (Å²) in [5.74, 6) is -0.751. The van der Waals surface area contributed by atoms with Crippen LogP contribution < -0.4 is 9.62 Å². The first-order valence-corrected chi connectivity index (χ1v) is 16.5. The monoisotopic (exact) mass is 611 g/mol. The molecule has 0 radical (unpaired) electrons. The Balaban J connectivity index is 1.81. The second-order valence-electron chi connectivity index (χ2n) is 10.8. The van der Waals surface area contributed by atoms with E-state index in [-0.39, 0.29) is 29.8 Å². The quantitative estimate of drug-likeness (QED) is 0.190. The normalized spacial score (nSPS) is 12.6. The number of carbonyl (C=O) groups is 2. The number of hydrogen-bond donors (Lipinski definition) is 1. The van der Waals surface area contributed by atoms with E-state index in [1.807, 2.05) is 93.6 Å². The molecule has 0 fully saturated rings. The van der Waals surface area contributed by atoms with E-state index in [0.29, 0.717) is 12.1 Å². The third-order valence-electron chi connectivity index (χ3n) is 7.72. The molecular weight excluding hydrogens is 570 g/mol. The molecule has 8 heteroatoms. The summed E-state index contributed by atoms with van der Waals surface area (Å²) < 4.78 is 29.5. The number of sulfonamides is 1. The Kier molecular flexibility index (Phi) is 11.3. The summed E-state index contributed by atoms with van der Waals surface area (Å²) in [4.78, 5) is 30.0. The first kappa shape index (κ1) is 32.5. The van der Waals surface area contributed by atoms with Crippen molar-refractivity contribution in [3.05, 3.63) is 132 Å². The molecule has 4 aromatic rings. The standard InChI is InChI=1S/C36H41N3O4S/c1-4-28(3)37-36(41)34(25-29-17-9-6-10-18-29)38(26-30-19-11-7-12-20-30)35(40)27-39(33-24-16-15-21-31(33)5-2)44(42,43)32-22-13-8-14-23-32/h6-24,28,34H,4-5,25-27H2,1-3H3,(H,37,41). The largest absolute Gasteiger partial charge is 0.352 e. The third kappa shape index (κ3) is 8.14. The van der Waals surface area contributed by atoms with E-state index in [1.165, 1.54) is 21.3 Å². The fourth-order valence-electron chi connectivity index (χ4n) is 5.06. The molecule has 0 saturated heterocycles. The van der Waals surface area contributed by atoms with Gasteiger partial charge < -0.3 is 10.2 Å². The number of rotatable bonds is 14. The first-order valence-electron chi connectivity index (χ1n) is 15.1. The summed E-state index contributed by atoms with van der Waals surface area (Å²) >= 11 is 0. The van der Waals surface area contributed by atoms with Gasteiger partial charge >= 0.3 is 0 Å². The van der Waals surface area contributed by atoms with Gasteiger partial charge in [-0.3, -0.25) is 13.9 Å². The minimum absolute atomic E-state index is 0.0867. The van der Waals surface area contributed by atoms with Crippen molar-refractivity contribution in [1.82, 2.24) is 10.2 Å². The van der Waals surface area contributed by atoms with Crippen LogP contribution in [0.4, 0.5) is 5.69 Å². The molecule has 0 aliphatic heterocycles. The molecule has 0 bridgehead atoms. The van der Waals surface area contributed by atoms with Crippen molar-refractivity contribution in [1.29, 1.82) is 0 Å². The predicted molar refractivity (Wildman–Crippen MR) is 176 cm³/mol. The highest BCUT2D eigenvalue weighted by Gasteiger charge is 2.35. The second kappa shape index (κ2) is 15.3. The van der Waals surface area contributed by atoms with Gasteiger partial charge in [-0.2, -0.15) is 0 Å². The van der Waals surface area contributed by atoms with Gasteiger partial charge in [0.2, 0.25) is 11.8 Å². The average molecular weight is 612 g/mol.